The van der Waals surface area contributed by atoms with Crippen LogP contribution in [-0.4, -0.2) is 15.7 Å². The Morgan fingerprint density at radius 3 is 2.23 bits per heavy atom. The molecule has 0 radical (unpaired) electrons. The zero-order valence-corrected chi connectivity index (χ0v) is 15.4. The van der Waals surface area contributed by atoms with Gasteiger partial charge in [0, 0.05) is 30.1 Å². The van der Waals surface area contributed by atoms with E-state index in [0.717, 1.165) is 28.2 Å². The summed E-state index contributed by atoms with van der Waals surface area (Å²) in [4.78, 5) is 14.7. The Morgan fingerprint density at radius 1 is 1.04 bits per heavy atom. The van der Waals surface area contributed by atoms with Crippen LogP contribution in [0.1, 0.15) is 22.5 Å². The zero-order chi connectivity index (χ0) is 18.5. The molecule has 0 spiro atoms. The van der Waals surface area contributed by atoms with Gasteiger partial charge < -0.3 is 4.90 Å². The smallest absolute Gasteiger partial charge is 0.251 e. The van der Waals surface area contributed by atoms with Crippen LogP contribution in [0.25, 0.3) is 6.08 Å². The molecule has 0 aliphatic rings. The number of anilines is 1. The quantitative estimate of drug-likeness (QED) is 0.647. The van der Waals surface area contributed by atoms with E-state index in [4.69, 9.17) is 0 Å². The Kier molecular flexibility index (Phi) is 5.32. The maximum absolute atomic E-state index is 13.0. The van der Waals surface area contributed by atoms with Crippen LogP contribution in [0.15, 0.2) is 66.7 Å². The summed E-state index contributed by atoms with van der Waals surface area (Å²) >= 11 is 0. The normalized spacial score (nSPS) is 11.0. The van der Waals surface area contributed by atoms with Gasteiger partial charge in [0.2, 0.25) is 0 Å². The van der Waals surface area contributed by atoms with Crippen LogP contribution in [0, 0.1) is 13.8 Å². The predicted octanol–water partition coefficient (Wildman–Crippen LogP) is 4.28. The minimum Gasteiger partial charge on any atom is -0.304 e. The van der Waals surface area contributed by atoms with Gasteiger partial charge in [0.15, 0.2) is 0 Å². The SMILES string of the molecule is Cc1nn(C)c(C)c1C=CC(=O)N(Cc1ccccc1)c1ccccc1. The molecule has 1 amide bonds. The molecule has 2 aromatic carbocycles. The molecule has 4 nitrogen and oxygen atoms in total. The second kappa shape index (κ2) is 7.83. The van der Waals surface area contributed by atoms with E-state index in [1.165, 1.54) is 0 Å². The first-order chi connectivity index (χ1) is 12.6. The van der Waals surface area contributed by atoms with E-state index in [1.54, 1.807) is 11.0 Å². The van der Waals surface area contributed by atoms with E-state index < -0.39 is 0 Å². The predicted molar refractivity (Wildman–Crippen MR) is 106 cm³/mol. The number of carbonyl (C=O) groups excluding carboxylic acids is 1. The van der Waals surface area contributed by atoms with Gasteiger partial charge in [0.1, 0.15) is 0 Å². The molecule has 0 aliphatic carbocycles. The number of hydrogen-bond acceptors (Lipinski definition) is 2. The monoisotopic (exact) mass is 345 g/mol. The molecular weight excluding hydrogens is 322 g/mol. The molecule has 0 aliphatic heterocycles. The van der Waals surface area contributed by atoms with Crippen LogP contribution in [0.5, 0.6) is 0 Å². The number of aryl methyl sites for hydroxylation is 2. The number of nitrogens with zero attached hydrogens (tertiary/aromatic N) is 3. The molecule has 1 heterocycles. The number of carbonyl (C=O) groups is 1. The van der Waals surface area contributed by atoms with Crippen molar-refractivity contribution in [1.82, 2.24) is 9.78 Å². The molecule has 3 aromatic rings. The molecule has 26 heavy (non-hydrogen) atoms. The van der Waals surface area contributed by atoms with Crippen LogP contribution in [0.3, 0.4) is 0 Å². The summed E-state index contributed by atoms with van der Waals surface area (Å²) in [5.41, 5.74) is 4.93. The molecule has 132 valence electrons. The van der Waals surface area contributed by atoms with Crippen molar-refractivity contribution >= 4 is 17.7 Å². The van der Waals surface area contributed by atoms with E-state index in [1.807, 2.05) is 92.3 Å². The summed E-state index contributed by atoms with van der Waals surface area (Å²) < 4.78 is 1.83. The van der Waals surface area contributed by atoms with Gasteiger partial charge in [-0.1, -0.05) is 48.5 Å². The van der Waals surface area contributed by atoms with Crippen LogP contribution < -0.4 is 4.90 Å². The molecule has 0 bridgehead atoms. The Hall–Kier alpha value is -3.14. The minimum absolute atomic E-state index is 0.0530. The Morgan fingerprint density at radius 2 is 1.65 bits per heavy atom. The van der Waals surface area contributed by atoms with Crippen LogP contribution in [0.2, 0.25) is 0 Å². The minimum atomic E-state index is -0.0530. The molecule has 0 fully saturated rings. The summed E-state index contributed by atoms with van der Waals surface area (Å²) in [6, 6.07) is 19.8. The number of rotatable bonds is 5. The fourth-order valence-corrected chi connectivity index (χ4v) is 2.95. The van der Waals surface area contributed by atoms with Gasteiger partial charge in [0.25, 0.3) is 5.91 Å². The standard InChI is InChI=1S/C22H23N3O/c1-17-21(18(2)24(3)23-17)14-15-22(26)25(20-12-8-5-9-13-20)16-19-10-6-4-7-11-19/h4-15H,16H2,1-3H3. The molecule has 0 atom stereocenters. The Labute approximate surface area is 154 Å². The average Bonchev–Trinajstić information content (AvgIpc) is 2.91. The van der Waals surface area contributed by atoms with Crippen molar-refractivity contribution in [2.45, 2.75) is 20.4 Å². The topological polar surface area (TPSA) is 38.1 Å². The van der Waals surface area contributed by atoms with E-state index in [2.05, 4.69) is 5.10 Å². The molecule has 0 N–H and O–H groups in total. The third-order valence-corrected chi connectivity index (χ3v) is 4.47. The van der Waals surface area contributed by atoms with E-state index >= 15 is 0 Å². The van der Waals surface area contributed by atoms with Crippen LogP contribution in [0.4, 0.5) is 5.69 Å². The number of amides is 1. The van der Waals surface area contributed by atoms with Gasteiger partial charge in [-0.15, -0.1) is 0 Å². The highest BCUT2D eigenvalue weighted by molar-refractivity contribution is 6.03. The average molecular weight is 345 g/mol. The van der Waals surface area contributed by atoms with Crippen molar-refractivity contribution in [3.63, 3.8) is 0 Å². The van der Waals surface area contributed by atoms with Gasteiger partial charge in [-0.2, -0.15) is 5.10 Å². The third kappa shape index (κ3) is 3.91. The second-order valence-electron chi connectivity index (χ2n) is 6.29. The second-order valence-corrected chi connectivity index (χ2v) is 6.29. The lowest BCUT2D eigenvalue weighted by molar-refractivity contribution is -0.114. The van der Waals surface area contributed by atoms with Crippen molar-refractivity contribution in [3.05, 3.63) is 89.3 Å². The van der Waals surface area contributed by atoms with E-state index in [0.29, 0.717) is 6.54 Å². The van der Waals surface area contributed by atoms with Crippen LogP contribution >= 0.6 is 0 Å². The molecule has 3 rings (SSSR count). The first-order valence-corrected chi connectivity index (χ1v) is 8.65. The summed E-state index contributed by atoms with van der Waals surface area (Å²) in [7, 11) is 1.91. The number of para-hydroxylation sites is 1. The maximum atomic E-state index is 13.0. The zero-order valence-electron chi connectivity index (χ0n) is 15.4. The summed E-state index contributed by atoms with van der Waals surface area (Å²) in [5.74, 6) is -0.0530. The largest absolute Gasteiger partial charge is 0.304 e. The number of hydrogen-bond donors (Lipinski definition) is 0. The van der Waals surface area contributed by atoms with Gasteiger partial charge >= 0.3 is 0 Å². The number of aromatic nitrogens is 2. The lowest BCUT2D eigenvalue weighted by Gasteiger charge is -2.21. The summed E-state index contributed by atoms with van der Waals surface area (Å²) in [6.07, 6.45) is 3.49. The van der Waals surface area contributed by atoms with Gasteiger partial charge in [0.05, 0.1) is 12.2 Å². The Balaban J connectivity index is 1.88. The van der Waals surface area contributed by atoms with Crippen molar-refractivity contribution in [3.8, 4) is 0 Å². The molecular formula is C22H23N3O. The lowest BCUT2D eigenvalue weighted by Crippen LogP contribution is -2.28. The summed E-state index contributed by atoms with van der Waals surface area (Å²) in [5, 5.41) is 4.40. The molecule has 1 aromatic heterocycles. The molecule has 0 unspecified atom stereocenters. The van der Waals surface area contributed by atoms with Gasteiger partial charge in [-0.25, -0.2) is 0 Å². The lowest BCUT2D eigenvalue weighted by atomic mass is 10.1. The van der Waals surface area contributed by atoms with Crippen molar-refractivity contribution < 1.29 is 4.79 Å². The molecule has 0 saturated heterocycles. The fourth-order valence-electron chi connectivity index (χ4n) is 2.95. The van der Waals surface area contributed by atoms with Gasteiger partial charge in [-0.3, -0.25) is 9.48 Å². The van der Waals surface area contributed by atoms with E-state index in [9.17, 15) is 4.79 Å². The highest BCUT2D eigenvalue weighted by atomic mass is 16.2. The Bertz CT molecular complexity index is 911. The molecule has 0 saturated carbocycles. The summed E-state index contributed by atoms with van der Waals surface area (Å²) in [6.45, 7) is 4.48. The van der Waals surface area contributed by atoms with Crippen molar-refractivity contribution in [2.75, 3.05) is 4.90 Å². The highest BCUT2D eigenvalue weighted by Crippen LogP contribution is 2.19. The first kappa shape index (κ1) is 17.7. The van der Waals surface area contributed by atoms with E-state index in [-0.39, 0.29) is 5.91 Å². The number of benzene rings is 2. The molecule has 4 heteroatoms. The fraction of sp³-hybridized carbons (Fsp3) is 0.182. The first-order valence-electron chi connectivity index (χ1n) is 8.65. The van der Waals surface area contributed by atoms with Gasteiger partial charge in [-0.05, 0) is 37.6 Å². The third-order valence-electron chi connectivity index (χ3n) is 4.47. The maximum Gasteiger partial charge on any atom is 0.251 e. The van der Waals surface area contributed by atoms with Crippen LogP contribution in [-0.2, 0) is 18.4 Å². The van der Waals surface area contributed by atoms with Crippen molar-refractivity contribution in [2.24, 2.45) is 7.05 Å². The van der Waals surface area contributed by atoms with Crippen molar-refractivity contribution in [1.29, 1.82) is 0 Å². The highest BCUT2D eigenvalue weighted by Gasteiger charge is 2.14.